The molecule has 18 heavy (non-hydrogen) atoms. The van der Waals surface area contributed by atoms with E-state index in [0.717, 1.165) is 17.8 Å². The Morgan fingerprint density at radius 2 is 2.11 bits per heavy atom. The van der Waals surface area contributed by atoms with E-state index in [2.05, 4.69) is 0 Å². The van der Waals surface area contributed by atoms with Gasteiger partial charge in [0.25, 0.3) is 0 Å². The summed E-state index contributed by atoms with van der Waals surface area (Å²) in [6.07, 6.45) is 0. The molecule has 0 aliphatic carbocycles. The van der Waals surface area contributed by atoms with Crippen LogP contribution in [0, 0.1) is 11.6 Å². The quantitative estimate of drug-likeness (QED) is 0.784. The lowest BCUT2D eigenvalue weighted by atomic mass is 10.1. The van der Waals surface area contributed by atoms with Crippen LogP contribution >= 0.6 is 11.8 Å². The second-order valence-electron chi connectivity index (χ2n) is 4.16. The number of ketones is 1. The van der Waals surface area contributed by atoms with Gasteiger partial charge in [-0.1, -0.05) is 0 Å². The van der Waals surface area contributed by atoms with Gasteiger partial charge in [0, 0.05) is 16.7 Å². The molecule has 1 heterocycles. The van der Waals surface area contributed by atoms with Crippen LogP contribution in [0.5, 0.6) is 0 Å². The lowest BCUT2D eigenvalue weighted by Crippen LogP contribution is -2.26. The zero-order valence-corrected chi connectivity index (χ0v) is 11.0. The molecule has 0 bridgehead atoms. The van der Waals surface area contributed by atoms with Crippen molar-refractivity contribution in [2.45, 2.75) is 13.8 Å². The Balaban J connectivity index is 2.13. The topological polar surface area (TPSA) is 20.3 Å². The Kier molecular flexibility index (Phi) is 3.71. The molecule has 0 saturated heterocycles. The molecule has 96 valence electrons. The Morgan fingerprint density at radius 1 is 1.39 bits per heavy atom. The third kappa shape index (κ3) is 2.56. The van der Waals surface area contributed by atoms with Gasteiger partial charge in [-0.25, -0.2) is 8.78 Å². The summed E-state index contributed by atoms with van der Waals surface area (Å²) in [4.78, 5) is 15.0. The number of Topliss-reactive ketones (excluding diaryl/α,β-unsaturated/α-hetero) is 1. The van der Waals surface area contributed by atoms with E-state index in [-0.39, 0.29) is 17.9 Å². The van der Waals surface area contributed by atoms with Crippen LogP contribution in [-0.2, 0) is 0 Å². The van der Waals surface area contributed by atoms with Crippen LogP contribution in [-0.4, -0.2) is 23.1 Å². The Labute approximate surface area is 109 Å². The van der Waals surface area contributed by atoms with E-state index >= 15 is 0 Å². The number of nitrogens with zero attached hydrogens (tertiary/aromatic N) is 1. The van der Waals surface area contributed by atoms with E-state index in [1.54, 1.807) is 11.8 Å². The van der Waals surface area contributed by atoms with E-state index in [0.29, 0.717) is 5.88 Å². The summed E-state index contributed by atoms with van der Waals surface area (Å²) < 4.78 is 26.2. The first-order valence-corrected chi connectivity index (χ1v) is 6.51. The van der Waals surface area contributed by atoms with Crippen LogP contribution in [0.15, 0.2) is 28.8 Å². The number of thioether (sulfide) groups is 1. The van der Waals surface area contributed by atoms with Gasteiger partial charge in [0.2, 0.25) is 0 Å². The van der Waals surface area contributed by atoms with Crippen LogP contribution in [0.3, 0.4) is 0 Å². The third-order valence-electron chi connectivity index (χ3n) is 2.99. The maximum absolute atomic E-state index is 13.5. The van der Waals surface area contributed by atoms with Crippen molar-refractivity contribution in [3.63, 3.8) is 0 Å². The fraction of sp³-hybridized carbons (Fsp3) is 0.308. The van der Waals surface area contributed by atoms with Gasteiger partial charge in [0.05, 0.1) is 18.0 Å². The average Bonchev–Trinajstić information content (AvgIpc) is 2.61. The first-order valence-electron chi connectivity index (χ1n) is 5.52. The molecule has 0 spiro atoms. The van der Waals surface area contributed by atoms with Gasteiger partial charge < -0.3 is 4.90 Å². The van der Waals surface area contributed by atoms with E-state index in [9.17, 15) is 13.6 Å². The average molecular weight is 269 g/mol. The summed E-state index contributed by atoms with van der Waals surface area (Å²) in [7, 11) is 0. The first-order chi connectivity index (χ1) is 8.49. The number of allylic oxidation sites excluding steroid dienone is 2. The molecule has 1 aromatic carbocycles. The molecule has 0 amide bonds. The molecule has 2 rings (SSSR count). The maximum Gasteiger partial charge on any atom is 0.185 e. The van der Waals surface area contributed by atoms with Crippen molar-refractivity contribution in [1.82, 2.24) is 4.90 Å². The van der Waals surface area contributed by atoms with Crippen molar-refractivity contribution in [3.8, 4) is 0 Å². The van der Waals surface area contributed by atoms with Gasteiger partial charge in [-0.05, 0) is 26.0 Å². The summed E-state index contributed by atoms with van der Waals surface area (Å²) in [5, 5.41) is 0. The predicted molar refractivity (Wildman–Crippen MR) is 68.2 cm³/mol. The van der Waals surface area contributed by atoms with Gasteiger partial charge in [-0.3, -0.25) is 4.79 Å². The summed E-state index contributed by atoms with van der Waals surface area (Å²) in [5.41, 5.74) is 0.981. The van der Waals surface area contributed by atoms with Gasteiger partial charge >= 0.3 is 0 Å². The van der Waals surface area contributed by atoms with Crippen LogP contribution in [0.2, 0.25) is 0 Å². The fourth-order valence-corrected chi connectivity index (χ4v) is 2.71. The lowest BCUT2D eigenvalue weighted by Gasteiger charge is -2.18. The highest BCUT2D eigenvalue weighted by Crippen LogP contribution is 2.30. The van der Waals surface area contributed by atoms with Crippen molar-refractivity contribution in [2.75, 3.05) is 12.4 Å². The minimum absolute atomic E-state index is 0.0567. The van der Waals surface area contributed by atoms with E-state index in [1.807, 2.05) is 18.7 Å². The molecular weight excluding hydrogens is 256 g/mol. The smallest absolute Gasteiger partial charge is 0.185 e. The third-order valence-corrected chi connectivity index (χ3v) is 4.16. The molecule has 5 heteroatoms. The Hall–Kier alpha value is -1.36. The Bertz CT molecular complexity index is 528. The van der Waals surface area contributed by atoms with Crippen molar-refractivity contribution < 1.29 is 13.6 Å². The minimum Gasteiger partial charge on any atom is -0.357 e. The number of hydrogen-bond acceptors (Lipinski definition) is 3. The van der Waals surface area contributed by atoms with Crippen molar-refractivity contribution >= 4 is 17.5 Å². The second kappa shape index (κ2) is 5.10. The molecule has 1 aliphatic heterocycles. The molecule has 0 atom stereocenters. The highest BCUT2D eigenvalue weighted by Gasteiger charge is 2.21. The number of hydrogen-bond donors (Lipinski definition) is 0. The number of benzene rings is 1. The van der Waals surface area contributed by atoms with Crippen LogP contribution < -0.4 is 0 Å². The van der Waals surface area contributed by atoms with Crippen LogP contribution in [0.4, 0.5) is 8.78 Å². The first kappa shape index (κ1) is 13.1. The monoisotopic (exact) mass is 269 g/mol. The van der Waals surface area contributed by atoms with Crippen molar-refractivity contribution in [3.05, 3.63) is 46.0 Å². The molecule has 0 saturated carbocycles. The molecule has 0 fully saturated rings. The number of halogens is 2. The number of carbonyl (C=O) groups is 1. The summed E-state index contributed by atoms with van der Waals surface area (Å²) in [5.74, 6) is -1.10. The zero-order chi connectivity index (χ0) is 13.3. The second-order valence-corrected chi connectivity index (χ2v) is 5.32. The van der Waals surface area contributed by atoms with Gasteiger partial charge in [0.15, 0.2) is 5.78 Å². The normalized spacial score (nSPS) is 15.4. The molecule has 1 aliphatic rings. The van der Waals surface area contributed by atoms with Gasteiger partial charge in [-0.15, -0.1) is 11.8 Å². The standard InChI is InChI=1S/C13H13F2NOS/c1-8-9(2)18-7-16(8)6-13(17)11-4-3-10(14)5-12(11)15/h3-5H,6-7H2,1-2H3. The highest BCUT2D eigenvalue weighted by molar-refractivity contribution is 8.03. The van der Waals surface area contributed by atoms with Crippen molar-refractivity contribution in [2.24, 2.45) is 0 Å². The molecule has 0 unspecified atom stereocenters. The zero-order valence-electron chi connectivity index (χ0n) is 10.2. The fourth-order valence-electron chi connectivity index (χ4n) is 1.74. The van der Waals surface area contributed by atoms with E-state index in [4.69, 9.17) is 0 Å². The van der Waals surface area contributed by atoms with Crippen LogP contribution in [0.25, 0.3) is 0 Å². The lowest BCUT2D eigenvalue weighted by molar-refractivity contribution is 0.0954. The maximum atomic E-state index is 13.5. The molecule has 1 aromatic rings. The Morgan fingerprint density at radius 3 is 2.67 bits per heavy atom. The molecular formula is C13H13F2NOS. The summed E-state index contributed by atoms with van der Waals surface area (Å²) >= 11 is 1.66. The van der Waals surface area contributed by atoms with Crippen molar-refractivity contribution in [1.29, 1.82) is 0 Å². The number of carbonyl (C=O) groups excluding carboxylic acids is 1. The molecule has 2 nitrogen and oxygen atoms in total. The highest BCUT2D eigenvalue weighted by atomic mass is 32.2. The number of rotatable bonds is 3. The van der Waals surface area contributed by atoms with Crippen LogP contribution in [0.1, 0.15) is 24.2 Å². The summed E-state index contributed by atoms with van der Waals surface area (Å²) in [6.45, 7) is 4.05. The SMILES string of the molecule is CC1=C(C)N(CC(=O)c2ccc(F)cc2F)CS1. The van der Waals surface area contributed by atoms with E-state index in [1.165, 1.54) is 11.0 Å². The summed E-state index contributed by atoms with van der Waals surface area (Å²) in [6, 6.07) is 3.03. The predicted octanol–water partition coefficient (Wildman–Crippen LogP) is 3.41. The van der Waals surface area contributed by atoms with Gasteiger partial charge in [-0.2, -0.15) is 0 Å². The molecule has 0 aromatic heterocycles. The minimum atomic E-state index is -0.801. The largest absolute Gasteiger partial charge is 0.357 e. The molecule has 0 radical (unpaired) electrons. The van der Waals surface area contributed by atoms with E-state index < -0.39 is 11.6 Å². The molecule has 0 N–H and O–H groups in total. The van der Waals surface area contributed by atoms with Gasteiger partial charge in [0.1, 0.15) is 11.6 Å².